The molecule has 0 aliphatic carbocycles. The average Bonchev–Trinajstić information content (AvgIpc) is 3.05. The first-order chi connectivity index (χ1) is 13.9. The molecular weight excluding hydrogens is 373 g/mol. The van der Waals surface area contributed by atoms with E-state index in [1.807, 2.05) is 13.8 Å². The first-order valence-corrected chi connectivity index (χ1v) is 9.53. The Morgan fingerprint density at radius 2 is 2.00 bits per heavy atom. The standard InChI is InChI=1S/C21H22FN5O2/c1-12(2)26(3)21(29)16-8-14(22)4-5-18(16)27-11-17(19(28)13-9-23-10-13)15-6-7-24-25-20(15)27/h4-8,11-13,23H,9-10H2,1-3H3. The highest BCUT2D eigenvalue weighted by Crippen LogP contribution is 2.28. The predicted molar refractivity (Wildman–Crippen MR) is 107 cm³/mol. The van der Waals surface area contributed by atoms with Crippen LogP contribution in [0, 0.1) is 11.7 Å². The summed E-state index contributed by atoms with van der Waals surface area (Å²) in [5, 5.41) is 11.9. The van der Waals surface area contributed by atoms with E-state index >= 15 is 0 Å². The lowest BCUT2D eigenvalue weighted by Crippen LogP contribution is -2.46. The summed E-state index contributed by atoms with van der Waals surface area (Å²) in [6, 6.07) is 5.73. The van der Waals surface area contributed by atoms with Crippen LogP contribution in [0.4, 0.5) is 4.39 Å². The number of fused-ring (bicyclic) bond motifs is 1. The number of aromatic nitrogens is 3. The van der Waals surface area contributed by atoms with Gasteiger partial charge in [-0.15, -0.1) is 5.10 Å². The molecule has 3 aromatic rings. The zero-order valence-electron chi connectivity index (χ0n) is 16.5. The molecule has 0 unspecified atom stereocenters. The van der Waals surface area contributed by atoms with Crippen molar-refractivity contribution in [1.29, 1.82) is 0 Å². The second-order valence-corrected chi connectivity index (χ2v) is 7.57. The van der Waals surface area contributed by atoms with Gasteiger partial charge in [0.2, 0.25) is 0 Å². The molecule has 0 spiro atoms. The molecule has 1 saturated heterocycles. The minimum absolute atomic E-state index is 0.0230. The monoisotopic (exact) mass is 395 g/mol. The van der Waals surface area contributed by atoms with Gasteiger partial charge in [0.15, 0.2) is 11.4 Å². The quantitative estimate of drug-likeness (QED) is 0.672. The number of ketones is 1. The summed E-state index contributed by atoms with van der Waals surface area (Å²) in [6.07, 6.45) is 3.21. The number of amides is 1. The van der Waals surface area contributed by atoms with E-state index < -0.39 is 5.82 Å². The van der Waals surface area contributed by atoms with Crippen LogP contribution in [0.5, 0.6) is 0 Å². The van der Waals surface area contributed by atoms with E-state index in [1.165, 1.54) is 24.4 Å². The second kappa shape index (κ2) is 7.36. The van der Waals surface area contributed by atoms with E-state index in [0.717, 1.165) is 0 Å². The van der Waals surface area contributed by atoms with Gasteiger partial charge in [0.25, 0.3) is 5.91 Å². The van der Waals surface area contributed by atoms with Gasteiger partial charge in [0, 0.05) is 49.2 Å². The fraction of sp³-hybridized carbons (Fsp3) is 0.333. The third kappa shape index (κ3) is 3.29. The Hall–Kier alpha value is -3.13. The molecule has 8 heteroatoms. The Balaban J connectivity index is 1.90. The van der Waals surface area contributed by atoms with Gasteiger partial charge in [0.05, 0.1) is 17.4 Å². The van der Waals surface area contributed by atoms with Crippen LogP contribution in [0.25, 0.3) is 16.7 Å². The molecule has 3 heterocycles. The molecule has 1 aromatic carbocycles. The number of carbonyl (C=O) groups excluding carboxylic acids is 2. The third-order valence-electron chi connectivity index (χ3n) is 5.44. The lowest BCUT2D eigenvalue weighted by atomic mass is 9.93. The van der Waals surface area contributed by atoms with Gasteiger partial charge in [0.1, 0.15) is 5.82 Å². The van der Waals surface area contributed by atoms with Crippen LogP contribution in [-0.4, -0.2) is 57.5 Å². The predicted octanol–water partition coefficient (Wildman–Crippen LogP) is 2.44. The van der Waals surface area contributed by atoms with Crippen molar-refractivity contribution in [2.75, 3.05) is 20.1 Å². The number of hydrogen-bond acceptors (Lipinski definition) is 5. The lowest BCUT2D eigenvalue weighted by molar-refractivity contribution is 0.0754. The number of Topliss-reactive ketones (excluding diaryl/α,β-unsaturated/α-hetero) is 1. The normalized spacial score (nSPS) is 14.2. The largest absolute Gasteiger partial charge is 0.339 e. The van der Waals surface area contributed by atoms with Crippen LogP contribution in [-0.2, 0) is 0 Å². The van der Waals surface area contributed by atoms with Gasteiger partial charge in [-0.05, 0) is 38.1 Å². The zero-order chi connectivity index (χ0) is 20.7. The molecule has 1 aliphatic heterocycles. The van der Waals surface area contributed by atoms with E-state index in [9.17, 15) is 14.0 Å². The number of hydrogen-bond donors (Lipinski definition) is 1. The van der Waals surface area contributed by atoms with Crippen molar-refractivity contribution in [1.82, 2.24) is 25.0 Å². The SMILES string of the molecule is CC(C)N(C)C(=O)c1cc(F)ccc1-n1cc(C(=O)C2CNC2)c2ccnnc21. The number of rotatable bonds is 5. The average molecular weight is 395 g/mol. The summed E-state index contributed by atoms with van der Waals surface area (Å²) in [7, 11) is 1.67. The summed E-state index contributed by atoms with van der Waals surface area (Å²) >= 11 is 0. The molecule has 0 saturated carbocycles. The van der Waals surface area contributed by atoms with Gasteiger partial charge >= 0.3 is 0 Å². The fourth-order valence-electron chi connectivity index (χ4n) is 3.36. The Bertz CT molecular complexity index is 1100. The van der Waals surface area contributed by atoms with Crippen LogP contribution in [0.1, 0.15) is 34.6 Å². The van der Waals surface area contributed by atoms with E-state index in [0.29, 0.717) is 35.4 Å². The van der Waals surface area contributed by atoms with E-state index in [4.69, 9.17) is 0 Å². The van der Waals surface area contributed by atoms with Crippen molar-refractivity contribution in [3.05, 3.63) is 53.6 Å². The van der Waals surface area contributed by atoms with Gasteiger partial charge in [-0.3, -0.25) is 14.2 Å². The molecule has 1 aliphatic rings. The van der Waals surface area contributed by atoms with Crippen molar-refractivity contribution in [2.45, 2.75) is 19.9 Å². The second-order valence-electron chi connectivity index (χ2n) is 7.57. The van der Waals surface area contributed by atoms with Crippen LogP contribution in [0.2, 0.25) is 0 Å². The maximum absolute atomic E-state index is 14.0. The Morgan fingerprint density at radius 1 is 1.24 bits per heavy atom. The topological polar surface area (TPSA) is 80.1 Å². The van der Waals surface area contributed by atoms with E-state index in [1.54, 1.807) is 28.8 Å². The molecule has 0 bridgehead atoms. The first kappa shape index (κ1) is 19.2. The Kier molecular flexibility index (Phi) is 4.87. The van der Waals surface area contributed by atoms with Gasteiger partial charge in [-0.1, -0.05) is 0 Å². The summed E-state index contributed by atoms with van der Waals surface area (Å²) in [5.41, 5.74) is 1.64. The fourth-order valence-corrected chi connectivity index (χ4v) is 3.36. The summed E-state index contributed by atoms with van der Waals surface area (Å²) in [5.74, 6) is -0.872. The summed E-state index contributed by atoms with van der Waals surface area (Å²) < 4.78 is 15.7. The molecule has 0 radical (unpaired) electrons. The molecule has 1 N–H and O–H groups in total. The van der Waals surface area contributed by atoms with Crippen LogP contribution >= 0.6 is 0 Å². The van der Waals surface area contributed by atoms with E-state index in [2.05, 4.69) is 15.5 Å². The number of carbonyl (C=O) groups is 2. The van der Waals surface area contributed by atoms with Crippen LogP contribution < -0.4 is 5.32 Å². The van der Waals surface area contributed by atoms with Crippen molar-refractivity contribution in [2.24, 2.45) is 5.92 Å². The van der Waals surface area contributed by atoms with Gasteiger partial charge < -0.3 is 10.2 Å². The minimum atomic E-state index is -0.506. The summed E-state index contributed by atoms with van der Waals surface area (Å²) in [6.45, 7) is 5.06. The number of nitrogens with one attached hydrogen (secondary N) is 1. The van der Waals surface area contributed by atoms with Crippen molar-refractivity contribution in [3.8, 4) is 5.69 Å². The lowest BCUT2D eigenvalue weighted by Gasteiger charge is -2.25. The van der Waals surface area contributed by atoms with Gasteiger partial charge in [-0.2, -0.15) is 5.10 Å². The maximum atomic E-state index is 14.0. The molecular formula is C21H22FN5O2. The maximum Gasteiger partial charge on any atom is 0.256 e. The Labute approximate surface area is 167 Å². The molecule has 0 atom stereocenters. The smallest absolute Gasteiger partial charge is 0.256 e. The van der Waals surface area contributed by atoms with Crippen LogP contribution in [0.3, 0.4) is 0 Å². The molecule has 1 fully saturated rings. The van der Waals surface area contributed by atoms with Crippen molar-refractivity contribution >= 4 is 22.7 Å². The highest BCUT2D eigenvalue weighted by Gasteiger charge is 2.30. The molecule has 150 valence electrons. The molecule has 29 heavy (non-hydrogen) atoms. The molecule has 1 amide bonds. The molecule has 7 nitrogen and oxygen atoms in total. The number of nitrogens with zero attached hydrogens (tertiary/aromatic N) is 4. The van der Waals surface area contributed by atoms with Crippen LogP contribution in [0.15, 0.2) is 36.7 Å². The minimum Gasteiger partial charge on any atom is -0.339 e. The highest BCUT2D eigenvalue weighted by molar-refractivity contribution is 6.09. The third-order valence-corrected chi connectivity index (χ3v) is 5.44. The first-order valence-electron chi connectivity index (χ1n) is 9.53. The Morgan fingerprint density at radius 3 is 2.66 bits per heavy atom. The van der Waals surface area contributed by atoms with Crippen molar-refractivity contribution < 1.29 is 14.0 Å². The van der Waals surface area contributed by atoms with Crippen molar-refractivity contribution in [3.63, 3.8) is 0 Å². The molecule has 2 aromatic heterocycles. The highest BCUT2D eigenvalue weighted by atomic mass is 19.1. The van der Waals surface area contributed by atoms with E-state index in [-0.39, 0.29) is 29.2 Å². The van der Waals surface area contributed by atoms with Gasteiger partial charge in [-0.25, -0.2) is 4.39 Å². The number of halogens is 1. The summed E-state index contributed by atoms with van der Waals surface area (Å²) in [4.78, 5) is 27.5. The molecule has 4 rings (SSSR count). The zero-order valence-corrected chi connectivity index (χ0v) is 16.5. The number of benzene rings is 1.